The number of aliphatic hydroxyl groups is 1. The first-order chi connectivity index (χ1) is 9.38. The summed E-state index contributed by atoms with van der Waals surface area (Å²) in [5, 5.41) is 12.4. The quantitative estimate of drug-likeness (QED) is 0.801. The number of nitrogens with zero attached hydrogens (tertiary/aromatic N) is 1. The first-order valence-corrected chi connectivity index (χ1v) is 6.98. The summed E-state index contributed by atoms with van der Waals surface area (Å²) in [5.41, 5.74) is 0.292. The zero-order valence-electron chi connectivity index (χ0n) is 12.6. The first kappa shape index (κ1) is 16.4. The lowest BCUT2D eigenvalue weighted by molar-refractivity contribution is 0.0894. The third kappa shape index (κ3) is 6.02. The predicted octanol–water partition coefficient (Wildman–Crippen LogP) is 2.01. The number of amides is 1. The summed E-state index contributed by atoms with van der Waals surface area (Å²) in [7, 11) is 0. The minimum Gasteiger partial charge on any atom is -0.475 e. The number of aromatic nitrogens is 1. The van der Waals surface area contributed by atoms with Gasteiger partial charge in [0.1, 0.15) is 5.69 Å². The van der Waals surface area contributed by atoms with Gasteiger partial charge in [-0.1, -0.05) is 19.9 Å². The summed E-state index contributed by atoms with van der Waals surface area (Å²) in [6.45, 7) is 8.08. The molecule has 0 spiro atoms. The molecule has 5 heteroatoms. The minimum atomic E-state index is -0.533. The van der Waals surface area contributed by atoms with Crippen molar-refractivity contribution in [2.24, 2.45) is 5.92 Å². The summed E-state index contributed by atoms with van der Waals surface area (Å²) >= 11 is 0. The Balaban J connectivity index is 2.55. The predicted molar refractivity (Wildman–Crippen MR) is 77.8 cm³/mol. The molecule has 0 aliphatic rings. The van der Waals surface area contributed by atoms with Crippen LogP contribution in [-0.2, 0) is 0 Å². The van der Waals surface area contributed by atoms with Crippen LogP contribution < -0.4 is 10.1 Å². The molecule has 0 aliphatic carbocycles. The van der Waals surface area contributed by atoms with Crippen molar-refractivity contribution < 1.29 is 14.6 Å². The average molecular weight is 280 g/mol. The topological polar surface area (TPSA) is 71.5 Å². The number of hydrogen-bond acceptors (Lipinski definition) is 4. The molecule has 1 unspecified atom stereocenters. The monoisotopic (exact) mass is 280 g/mol. The van der Waals surface area contributed by atoms with E-state index in [1.807, 2.05) is 27.7 Å². The van der Waals surface area contributed by atoms with Crippen molar-refractivity contribution in [3.63, 3.8) is 0 Å². The van der Waals surface area contributed by atoms with E-state index >= 15 is 0 Å². The number of nitrogens with one attached hydrogen (secondary N) is 1. The molecule has 2 N–H and O–H groups in total. The van der Waals surface area contributed by atoms with Crippen molar-refractivity contribution in [3.05, 3.63) is 23.9 Å². The fourth-order valence-corrected chi connectivity index (χ4v) is 1.78. The van der Waals surface area contributed by atoms with Gasteiger partial charge in [-0.25, -0.2) is 4.98 Å². The van der Waals surface area contributed by atoms with Crippen molar-refractivity contribution in [2.45, 2.75) is 46.3 Å². The molecule has 1 aromatic heterocycles. The van der Waals surface area contributed by atoms with Crippen LogP contribution in [0.5, 0.6) is 5.88 Å². The van der Waals surface area contributed by atoms with Crippen molar-refractivity contribution in [1.82, 2.24) is 10.3 Å². The third-order valence-corrected chi connectivity index (χ3v) is 2.55. The second kappa shape index (κ2) is 7.85. The third-order valence-electron chi connectivity index (χ3n) is 2.55. The minimum absolute atomic E-state index is 0.00803. The Kier molecular flexibility index (Phi) is 6.45. The Bertz CT molecular complexity index is 433. The maximum absolute atomic E-state index is 11.9. The summed E-state index contributed by atoms with van der Waals surface area (Å²) in [5.74, 6) is 0.514. The van der Waals surface area contributed by atoms with E-state index in [1.54, 1.807) is 18.2 Å². The number of pyridine rings is 1. The van der Waals surface area contributed by atoms with Crippen molar-refractivity contribution in [1.29, 1.82) is 0 Å². The molecule has 1 atom stereocenters. The van der Waals surface area contributed by atoms with Crippen molar-refractivity contribution in [2.75, 3.05) is 6.54 Å². The number of ether oxygens (including phenoxy) is 1. The molecule has 0 bridgehead atoms. The number of rotatable bonds is 7. The van der Waals surface area contributed by atoms with Gasteiger partial charge in [0.15, 0.2) is 0 Å². The summed E-state index contributed by atoms with van der Waals surface area (Å²) in [6.07, 6.45) is 0.132. The highest BCUT2D eigenvalue weighted by Crippen LogP contribution is 2.10. The zero-order valence-corrected chi connectivity index (χ0v) is 12.6. The molecule has 1 heterocycles. The van der Waals surface area contributed by atoms with E-state index < -0.39 is 6.10 Å². The van der Waals surface area contributed by atoms with Crippen LogP contribution >= 0.6 is 0 Å². The number of aliphatic hydroxyl groups excluding tert-OH is 1. The molecule has 0 aliphatic heterocycles. The van der Waals surface area contributed by atoms with Crippen LogP contribution in [0.3, 0.4) is 0 Å². The lowest BCUT2D eigenvalue weighted by Crippen LogP contribution is -2.33. The van der Waals surface area contributed by atoms with Crippen LogP contribution in [0, 0.1) is 5.92 Å². The molecule has 1 amide bonds. The molecule has 1 aromatic rings. The summed E-state index contributed by atoms with van der Waals surface area (Å²) < 4.78 is 5.44. The van der Waals surface area contributed by atoms with Gasteiger partial charge < -0.3 is 15.2 Å². The lowest BCUT2D eigenvalue weighted by Gasteiger charge is -2.14. The van der Waals surface area contributed by atoms with E-state index in [1.165, 1.54) is 0 Å². The Labute approximate surface area is 120 Å². The van der Waals surface area contributed by atoms with Gasteiger partial charge in [0.25, 0.3) is 5.91 Å². The number of carbonyl (C=O) groups is 1. The molecule has 0 saturated carbocycles. The van der Waals surface area contributed by atoms with Gasteiger partial charge in [0, 0.05) is 12.6 Å². The highest BCUT2D eigenvalue weighted by atomic mass is 16.5. The SMILES string of the molecule is CC(C)CC(O)CNC(=O)c1cccc(OC(C)C)n1. The average Bonchev–Trinajstić information content (AvgIpc) is 2.34. The van der Waals surface area contributed by atoms with E-state index in [4.69, 9.17) is 4.74 Å². The van der Waals surface area contributed by atoms with Gasteiger partial charge in [-0.2, -0.15) is 0 Å². The summed E-state index contributed by atoms with van der Waals surface area (Å²) in [6, 6.07) is 5.06. The first-order valence-electron chi connectivity index (χ1n) is 6.98. The van der Waals surface area contributed by atoms with Crippen LogP contribution in [-0.4, -0.2) is 34.8 Å². The van der Waals surface area contributed by atoms with Crippen molar-refractivity contribution in [3.8, 4) is 5.88 Å². The van der Waals surface area contributed by atoms with Gasteiger partial charge in [-0.3, -0.25) is 4.79 Å². The Hall–Kier alpha value is -1.62. The molecule has 20 heavy (non-hydrogen) atoms. The highest BCUT2D eigenvalue weighted by Gasteiger charge is 2.12. The smallest absolute Gasteiger partial charge is 0.270 e. The molecule has 1 rings (SSSR count). The zero-order chi connectivity index (χ0) is 15.1. The van der Waals surface area contributed by atoms with E-state index in [0.717, 1.165) is 0 Å². The number of hydrogen-bond donors (Lipinski definition) is 2. The van der Waals surface area contributed by atoms with Crippen LogP contribution in [0.25, 0.3) is 0 Å². The molecule has 112 valence electrons. The van der Waals surface area contributed by atoms with Gasteiger partial charge in [-0.05, 0) is 32.3 Å². The molecule has 5 nitrogen and oxygen atoms in total. The molecule has 0 saturated heterocycles. The maximum atomic E-state index is 11.9. The van der Waals surface area contributed by atoms with Gasteiger partial charge in [0.2, 0.25) is 5.88 Å². The fraction of sp³-hybridized carbons (Fsp3) is 0.600. The lowest BCUT2D eigenvalue weighted by atomic mass is 10.1. The van der Waals surface area contributed by atoms with E-state index in [0.29, 0.717) is 23.9 Å². The summed E-state index contributed by atoms with van der Waals surface area (Å²) in [4.78, 5) is 16.1. The normalized spacial score (nSPS) is 12.6. The van der Waals surface area contributed by atoms with Gasteiger partial charge >= 0.3 is 0 Å². The molecular weight excluding hydrogens is 256 g/mol. The molecule has 0 fully saturated rings. The van der Waals surface area contributed by atoms with E-state index in [9.17, 15) is 9.90 Å². The highest BCUT2D eigenvalue weighted by molar-refractivity contribution is 5.92. The Morgan fingerprint density at radius 1 is 1.35 bits per heavy atom. The van der Waals surface area contributed by atoms with Crippen molar-refractivity contribution >= 4 is 5.91 Å². The van der Waals surface area contributed by atoms with Crippen LogP contribution in [0.4, 0.5) is 0 Å². The largest absolute Gasteiger partial charge is 0.475 e. The van der Waals surface area contributed by atoms with Crippen LogP contribution in [0.2, 0.25) is 0 Å². The number of carbonyl (C=O) groups excluding carboxylic acids is 1. The van der Waals surface area contributed by atoms with Crippen LogP contribution in [0.15, 0.2) is 18.2 Å². The van der Waals surface area contributed by atoms with Gasteiger partial charge in [0.05, 0.1) is 12.2 Å². The fourth-order valence-electron chi connectivity index (χ4n) is 1.78. The Morgan fingerprint density at radius 3 is 2.65 bits per heavy atom. The molecule has 0 radical (unpaired) electrons. The second-order valence-corrected chi connectivity index (χ2v) is 5.52. The molecule has 0 aromatic carbocycles. The van der Waals surface area contributed by atoms with E-state index in [-0.39, 0.29) is 18.6 Å². The maximum Gasteiger partial charge on any atom is 0.270 e. The second-order valence-electron chi connectivity index (χ2n) is 5.52. The standard InChI is InChI=1S/C15H24N2O3/c1-10(2)8-12(18)9-16-15(19)13-6-5-7-14(17-13)20-11(3)4/h5-7,10-12,18H,8-9H2,1-4H3,(H,16,19). The van der Waals surface area contributed by atoms with Crippen LogP contribution in [0.1, 0.15) is 44.6 Å². The van der Waals surface area contributed by atoms with E-state index in [2.05, 4.69) is 10.3 Å². The molecular formula is C15H24N2O3. The Morgan fingerprint density at radius 2 is 2.05 bits per heavy atom. The van der Waals surface area contributed by atoms with Gasteiger partial charge in [-0.15, -0.1) is 0 Å².